The predicted molar refractivity (Wildman–Crippen MR) is 44.5 cm³/mol. The first-order valence-corrected chi connectivity index (χ1v) is 4.15. The maximum atomic E-state index is 9.94. The van der Waals surface area contributed by atoms with E-state index in [1.54, 1.807) is 11.3 Å². The highest BCUT2D eigenvalue weighted by atomic mass is 32.1. The Bertz CT molecular complexity index is 237. The number of hydrogen-bond donors (Lipinski definition) is 1. The number of thiazole rings is 1. The fraction of sp³-hybridized carbons (Fsp3) is 0.429. The number of carbonyl (C=O) groups is 1. The zero-order valence-electron chi connectivity index (χ0n) is 6.55. The second kappa shape index (κ2) is 3.48. The van der Waals surface area contributed by atoms with E-state index in [9.17, 15) is 4.79 Å². The second-order valence-corrected chi connectivity index (χ2v) is 3.54. The van der Waals surface area contributed by atoms with Gasteiger partial charge in [-0.1, -0.05) is 0 Å². The molecule has 0 aliphatic rings. The maximum Gasteiger partial charge on any atom is 0.207 e. The van der Waals surface area contributed by atoms with Gasteiger partial charge in [-0.15, -0.1) is 11.3 Å². The maximum absolute atomic E-state index is 9.94. The average Bonchev–Trinajstić information content (AvgIpc) is 2.28. The van der Waals surface area contributed by atoms with Gasteiger partial charge in [-0.25, -0.2) is 4.98 Å². The van der Waals surface area contributed by atoms with E-state index in [4.69, 9.17) is 0 Å². The van der Waals surface area contributed by atoms with Crippen LogP contribution in [0.25, 0.3) is 0 Å². The van der Waals surface area contributed by atoms with Crippen molar-refractivity contribution in [2.24, 2.45) is 0 Å². The van der Waals surface area contributed by atoms with E-state index in [2.05, 4.69) is 10.3 Å². The monoisotopic (exact) mass is 170 g/mol. The molecule has 0 bridgehead atoms. The summed E-state index contributed by atoms with van der Waals surface area (Å²) in [7, 11) is 0. The first-order chi connectivity index (χ1) is 5.24. The van der Waals surface area contributed by atoms with Crippen LogP contribution in [0.5, 0.6) is 0 Å². The van der Waals surface area contributed by atoms with Gasteiger partial charge in [0.1, 0.15) is 5.01 Å². The van der Waals surface area contributed by atoms with E-state index in [0.29, 0.717) is 13.0 Å². The van der Waals surface area contributed by atoms with Gasteiger partial charge in [0.15, 0.2) is 0 Å². The van der Waals surface area contributed by atoms with Crippen molar-refractivity contribution in [3.63, 3.8) is 0 Å². The predicted octanol–water partition coefficient (Wildman–Crippen LogP) is 1.01. The smallest absolute Gasteiger partial charge is 0.207 e. The topological polar surface area (TPSA) is 42.0 Å². The molecule has 0 fully saturated rings. The van der Waals surface area contributed by atoms with E-state index in [1.807, 2.05) is 13.8 Å². The molecule has 1 heterocycles. The summed E-state index contributed by atoms with van der Waals surface area (Å²) < 4.78 is 0. The summed E-state index contributed by atoms with van der Waals surface area (Å²) in [4.78, 5) is 15.4. The molecule has 1 aromatic rings. The quantitative estimate of drug-likeness (QED) is 0.688. The molecule has 0 saturated heterocycles. The Morgan fingerprint density at radius 2 is 2.36 bits per heavy atom. The van der Waals surface area contributed by atoms with Crippen LogP contribution in [0.3, 0.4) is 0 Å². The minimum atomic E-state index is 0.544. The van der Waals surface area contributed by atoms with Gasteiger partial charge in [-0.3, -0.25) is 4.79 Å². The normalized spacial score (nSPS) is 9.64. The van der Waals surface area contributed by atoms with Crippen LogP contribution >= 0.6 is 11.3 Å². The summed E-state index contributed by atoms with van der Waals surface area (Å²) in [6.07, 6.45) is 0.687. The van der Waals surface area contributed by atoms with Crippen molar-refractivity contribution in [3.05, 3.63) is 15.6 Å². The molecule has 1 amide bonds. The first-order valence-electron chi connectivity index (χ1n) is 3.34. The first kappa shape index (κ1) is 8.20. The average molecular weight is 170 g/mol. The molecule has 11 heavy (non-hydrogen) atoms. The van der Waals surface area contributed by atoms with E-state index >= 15 is 0 Å². The lowest BCUT2D eigenvalue weighted by Gasteiger charge is -1.89. The van der Waals surface area contributed by atoms with Crippen molar-refractivity contribution in [2.45, 2.75) is 20.4 Å². The Hall–Kier alpha value is -0.900. The fourth-order valence-electron chi connectivity index (χ4n) is 0.744. The van der Waals surface area contributed by atoms with Crippen molar-refractivity contribution < 1.29 is 4.79 Å². The largest absolute Gasteiger partial charge is 0.352 e. The van der Waals surface area contributed by atoms with Gasteiger partial charge < -0.3 is 5.32 Å². The van der Waals surface area contributed by atoms with E-state index in [1.165, 1.54) is 4.88 Å². The number of aryl methyl sites for hydroxylation is 2. The number of amides is 1. The highest BCUT2D eigenvalue weighted by Crippen LogP contribution is 2.15. The van der Waals surface area contributed by atoms with Gasteiger partial charge in [0.25, 0.3) is 0 Å². The number of nitrogens with zero attached hydrogens (tertiary/aromatic N) is 1. The second-order valence-electron chi connectivity index (χ2n) is 2.25. The molecule has 1 aromatic heterocycles. The van der Waals surface area contributed by atoms with Crippen LogP contribution in [0.15, 0.2) is 0 Å². The highest BCUT2D eigenvalue weighted by molar-refractivity contribution is 7.11. The summed E-state index contributed by atoms with van der Waals surface area (Å²) in [5.74, 6) is 0. The molecule has 1 rings (SSSR count). The van der Waals surface area contributed by atoms with E-state index < -0.39 is 0 Å². The van der Waals surface area contributed by atoms with Crippen molar-refractivity contribution >= 4 is 17.7 Å². The van der Waals surface area contributed by atoms with Crippen LogP contribution in [0.4, 0.5) is 0 Å². The van der Waals surface area contributed by atoms with Gasteiger partial charge in [0.2, 0.25) is 6.41 Å². The molecule has 0 spiro atoms. The minimum absolute atomic E-state index is 0.544. The molecular formula is C7H10N2OS. The SMILES string of the molecule is Cc1nc(CNC=O)sc1C. The molecular weight excluding hydrogens is 160 g/mol. The lowest BCUT2D eigenvalue weighted by atomic mass is 10.4. The zero-order valence-corrected chi connectivity index (χ0v) is 7.36. The summed E-state index contributed by atoms with van der Waals surface area (Å²) >= 11 is 1.62. The molecule has 0 radical (unpaired) electrons. The van der Waals surface area contributed by atoms with Crippen LogP contribution in [0.2, 0.25) is 0 Å². The molecule has 0 atom stereocenters. The number of aromatic nitrogens is 1. The van der Waals surface area contributed by atoms with Crippen LogP contribution in [0.1, 0.15) is 15.6 Å². The molecule has 0 aliphatic carbocycles. The van der Waals surface area contributed by atoms with Gasteiger partial charge in [-0.2, -0.15) is 0 Å². The zero-order chi connectivity index (χ0) is 8.27. The number of nitrogens with one attached hydrogen (secondary N) is 1. The van der Waals surface area contributed by atoms with Crippen LogP contribution in [-0.4, -0.2) is 11.4 Å². The molecule has 4 heteroatoms. The third-order valence-corrected chi connectivity index (χ3v) is 2.48. The Morgan fingerprint density at radius 1 is 1.64 bits per heavy atom. The standard InChI is InChI=1S/C7H10N2OS/c1-5-6(2)11-7(9-5)3-8-4-10/h4H,3H2,1-2H3,(H,8,10). The summed E-state index contributed by atoms with van der Waals surface area (Å²) in [6, 6.07) is 0. The Morgan fingerprint density at radius 3 is 2.82 bits per heavy atom. The lowest BCUT2D eigenvalue weighted by Crippen LogP contribution is -2.09. The van der Waals surface area contributed by atoms with Crippen molar-refractivity contribution in [1.29, 1.82) is 0 Å². The van der Waals surface area contributed by atoms with E-state index in [0.717, 1.165) is 10.7 Å². The molecule has 0 aromatic carbocycles. The van der Waals surface area contributed by atoms with Crippen LogP contribution in [-0.2, 0) is 11.3 Å². The van der Waals surface area contributed by atoms with Gasteiger partial charge in [-0.05, 0) is 13.8 Å². The van der Waals surface area contributed by atoms with Crippen LogP contribution < -0.4 is 5.32 Å². The summed E-state index contributed by atoms with van der Waals surface area (Å²) in [5, 5.41) is 3.54. The summed E-state index contributed by atoms with van der Waals surface area (Å²) in [5.41, 5.74) is 1.05. The van der Waals surface area contributed by atoms with Gasteiger partial charge in [0.05, 0.1) is 12.2 Å². The van der Waals surface area contributed by atoms with Gasteiger partial charge >= 0.3 is 0 Å². The molecule has 0 unspecified atom stereocenters. The van der Waals surface area contributed by atoms with Crippen molar-refractivity contribution in [1.82, 2.24) is 10.3 Å². The third-order valence-electron chi connectivity index (χ3n) is 1.41. The Kier molecular flexibility index (Phi) is 2.59. The molecule has 0 aliphatic heterocycles. The number of carbonyl (C=O) groups excluding carboxylic acids is 1. The van der Waals surface area contributed by atoms with E-state index in [-0.39, 0.29) is 0 Å². The fourth-order valence-corrected chi connectivity index (χ4v) is 1.63. The van der Waals surface area contributed by atoms with Crippen LogP contribution in [0, 0.1) is 13.8 Å². The summed E-state index contributed by atoms with van der Waals surface area (Å²) in [6.45, 7) is 4.54. The molecule has 60 valence electrons. The number of hydrogen-bond acceptors (Lipinski definition) is 3. The number of rotatable bonds is 3. The third kappa shape index (κ3) is 2.01. The van der Waals surface area contributed by atoms with Gasteiger partial charge in [0, 0.05) is 4.88 Å². The van der Waals surface area contributed by atoms with Crippen molar-refractivity contribution in [3.8, 4) is 0 Å². The molecule has 1 N–H and O–H groups in total. The highest BCUT2D eigenvalue weighted by Gasteiger charge is 2.01. The Balaban J connectivity index is 2.64. The Labute approximate surface area is 69.5 Å². The van der Waals surface area contributed by atoms with Crippen molar-refractivity contribution in [2.75, 3.05) is 0 Å². The lowest BCUT2D eigenvalue weighted by molar-refractivity contribution is -0.109. The molecule has 0 saturated carbocycles. The molecule has 3 nitrogen and oxygen atoms in total. The minimum Gasteiger partial charge on any atom is -0.352 e.